The van der Waals surface area contributed by atoms with Crippen molar-refractivity contribution in [2.75, 3.05) is 24.6 Å². The third-order valence-electron chi connectivity index (χ3n) is 4.17. The molecular formula is C18H20FN3O2. The summed E-state index contributed by atoms with van der Waals surface area (Å²) in [7, 11) is 0. The smallest absolute Gasteiger partial charge is 0.248 e. The van der Waals surface area contributed by atoms with Crippen molar-refractivity contribution in [3.63, 3.8) is 0 Å². The van der Waals surface area contributed by atoms with E-state index < -0.39 is 5.91 Å². The third-order valence-corrected chi connectivity index (χ3v) is 4.17. The number of hydrogen-bond donors (Lipinski definition) is 1. The van der Waals surface area contributed by atoms with Crippen LogP contribution in [0.15, 0.2) is 42.6 Å². The van der Waals surface area contributed by atoms with Crippen LogP contribution in [0.4, 0.5) is 10.2 Å². The van der Waals surface area contributed by atoms with E-state index in [1.807, 2.05) is 0 Å². The Morgan fingerprint density at radius 2 is 2.12 bits per heavy atom. The van der Waals surface area contributed by atoms with E-state index in [0.29, 0.717) is 23.8 Å². The van der Waals surface area contributed by atoms with Crippen molar-refractivity contribution >= 4 is 11.7 Å². The zero-order chi connectivity index (χ0) is 16.9. The molecular weight excluding hydrogens is 309 g/mol. The normalized spacial score (nSPS) is 17.5. The predicted molar refractivity (Wildman–Crippen MR) is 89.6 cm³/mol. The lowest BCUT2D eigenvalue weighted by Crippen LogP contribution is -2.38. The molecule has 0 spiro atoms. The highest BCUT2D eigenvalue weighted by molar-refractivity contribution is 5.93. The number of primary amides is 1. The molecule has 2 aromatic rings. The van der Waals surface area contributed by atoms with Gasteiger partial charge < -0.3 is 15.4 Å². The minimum Gasteiger partial charge on any atom is -0.493 e. The van der Waals surface area contributed by atoms with E-state index in [-0.39, 0.29) is 5.82 Å². The number of halogens is 1. The Balaban J connectivity index is 1.60. The van der Waals surface area contributed by atoms with Gasteiger partial charge in [-0.25, -0.2) is 9.37 Å². The number of aromatic nitrogens is 1. The summed E-state index contributed by atoms with van der Waals surface area (Å²) in [4.78, 5) is 17.8. The summed E-state index contributed by atoms with van der Waals surface area (Å²) in [5.74, 6) is 1.06. The first-order chi connectivity index (χ1) is 11.6. The number of rotatable bonds is 5. The van der Waals surface area contributed by atoms with Crippen molar-refractivity contribution in [1.82, 2.24) is 4.98 Å². The van der Waals surface area contributed by atoms with E-state index in [4.69, 9.17) is 10.5 Å². The van der Waals surface area contributed by atoms with Crippen molar-refractivity contribution in [2.45, 2.75) is 12.8 Å². The van der Waals surface area contributed by atoms with Crippen LogP contribution in [0.2, 0.25) is 0 Å². The number of nitrogens with two attached hydrogens (primary N) is 1. The number of piperidine rings is 1. The van der Waals surface area contributed by atoms with Crippen LogP contribution in [0.5, 0.6) is 5.75 Å². The summed E-state index contributed by atoms with van der Waals surface area (Å²) >= 11 is 0. The quantitative estimate of drug-likeness (QED) is 0.915. The summed E-state index contributed by atoms with van der Waals surface area (Å²) in [6.07, 6.45) is 3.70. The van der Waals surface area contributed by atoms with Crippen LogP contribution in [0, 0.1) is 11.7 Å². The molecule has 1 amide bonds. The van der Waals surface area contributed by atoms with E-state index in [1.54, 1.807) is 30.5 Å². The zero-order valence-electron chi connectivity index (χ0n) is 13.3. The SMILES string of the molecule is NC(=O)c1ccnc(N2CCC[C@@H](COc3ccc(F)cc3)C2)c1. The Morgan fingerprint density at radius 1 is 1.33 bits per heavy atom. The molecule has 0 bridgehead atoms. The van der Waals surface area contributed by atoms with E-state index in [9.17, 15) is 9.18 Å². The van der Waals surface area contributed by atoms with Crippen LogP contribution in [0.3, 0.4) is 0 Å². The highest BCUT2D eigenvalue weighted by Gasteiger charge is 2.22. The molecule has 1 atom stereocenters. The van der Waals surface area contributed by atoms with Crippen molar-refractivity contribution in [2.24, 2.45) is 11.7 Å². The van der Waals surface area contributed by atoms with Crippen LogP contribution >= 0.6 is 0 Å². The number of carbonyl (C=O) groups is 1. The van der Waals surface area contributed by atoms with Gasteiger partial charge in [-0.05, 0) is 49.2 Å². The largest absolute Gasteiger partial charge is 0.493 e. The highest BCUT2D eigenvalue weighted by Crippen LogP contribution is 2.23. The summed E-state index contributed by atoms with van der Waals surface area (Å²) in [6, 6.07) is 9.39. The molecule has 6 heteroatoms. The minimum absolute atomic E-state index is 0.272. The molecule has 1 aliphatic heterocycles. The first kappa shape index (κ1) is 16.2. The second kappa shape index (κ2) is 7.29. The van der Waals surface area contributed by atoms with Gasteiger partial charge in [0.25, 0.3) is 0 Å². The Kier molecular flexibility index (Phi) is 4.93. The lowest BCUT2D eigenvalue weighted by Gasteiger charge is -2.33. The summed E-state index contributed by atoms with van der Waals surface area (Å²) in [6.45, 7) is 2.26. The molecule has 2 heterocycles. The molecule has 126 valence electrons. The maximum Gasteiger partial charge on any atom is 0.248 e. The highest BCUT2D eigenvalue weighted by atomic mass is 19.1. The molecule has 2 N–H and O–H groups in total. The maximum atomic E-state index is 12.9. The molecule has 24 heavy (non-hydrogen) atoms. The molecule has 0 unspecified atom stereocenters. The Labute approximate surface area is 140 Å². The topological polar surface area (TPSA) is 68.5 Å². The molecule has 0 aliphatic carbocycles. The lowest BCUT2D eigenvalue weighted by molar-refractivity contribution is 0.1000. The van der Waals surface area contributed by atoms with Crippen molar-refractivity contribution < 1.29 is 13.9 Å². The van der Waals surface area contributed by atoms with Crippen LogP contribution in [-0.2, 0) is 0 Å². The Hall–Kier alpha value is -2.63. The number of nitrogens with zero attached hydrogens (tertiary/aromatic N) is 2. The zero-order valence-corrected chi connectivity index (χ0v) is 13.3. The number of carbonyl (C=O) groups excluding carboxylic acids is 1. The predicted octanol–water partition coefficient (Wildman–Crippen LogP) is 2.62. The van der Waals surface area contributed by atoms with Gasteiger partial charge in [0, 0.05) is 30.8 Å². The first-order valence-electron chi connectivity index (χ1n) is 8.01. The molecule has 1 aliphatic rings. The standard InChI is InChI=1S/C18H20FN3O2/c19-15-3-5-16(6-4-15)24-12-13-2-1-9-22(11-13)17-10-14(18(20)23)7-8-21-17/h3-8,10,13H,1-2,9,11-12H2,(H2,20,23)/t13-/m1/s1. The van der Waals surface area contributed by atoms with Gasteiger partial charge in [0.15, 0.2) is 0 Å². The van der Waals surface area contributed by atoms with E-state index in [2.05, 4.69) is 9.88 Å². The average Bonchev–Trinajstić information content (AvgIpc) is 2.61. The molecule has 0 saturated carbocycles. The number of pyridine rings is 1. The van der Waals surface area contributed by atoms with Gasteiger partial charge in [0.2, 0.25) is 5.91 Å². The van der Waals surface area contributed by atoms with E-state index in [1.165, 1.54) is 12.1 Å². The van der Waals surface area contributed by atoms with Crippen LogP contribution in [-0.4, -0.2) is 30.6 Å². The van der Waals surface area contributed by atoms with Gasteiger partial charge in [-0.2, -0.15) is 0 Å². The van der Waals surface area contributed by atoms with Crippen molar-refractivity contribution in [1.29, 1.82) is 0 Å². The van der Waals surface area contributed by atoms with Crippen LogP contribution in [0.1, 0.15) is 23.2 Å². The lowest BCUT2D eigenvalue weighted by atomic mass is 9.99. The van der Waals surface area contributed by atoms with E-state index in [0.717, 1.165) is 31.7 Å². The van der Waals surface area contributed by atoms with E-state index >= 15 is 0 Å². The Bertz CT molecular complexity index is 706. The molecule has 3 rings (SSSR count). The maximum absolute atomic E-state index is 12.9. The minimum atomic E-state index is -0.452. The number of ether oxygens (including phenoxy) is 1. The molecule has 5 nitrogen and oxygen atoms in total. The monoisotopic (exact) mass is 329 g/mol. The summed E-state index contributed by atoms with van der Waals surface area (Å²) in [5, 5.41) is 0. The van der Waals surface area contributed by atoms with Gasteiger partial charge in [0.1, 0.15) is 17.4 Å². The molecule has 1 saturated heterocycles. The summed E-state index contributed by atoms with van der Waals surface area (Å²) < 4.78 is 18.7. The third kappa shape index (κ3) is 4.01. The fraction of sp³-hybridized carbons (Fsp3) is 0.333. The number of amides is 1. The fourth-order valence-corrected chi connectivity index (χ4v) is 2.90. The number of anilines is 1. The fourth-order valence-electron chi connectivity index (χ4n) is 2.90. The second-order valence-corrected chi connectivity index (χ2v) is 5.99. The summed E-state index contributed by atoms with van der Waals surface area (Å²) in [5.41, 5.74) is 5.79. The van der Waals surface area contributed by atoms with Gasteiger partial charge in [-0.15, -0.1) is 0 Å². The molecule has 0 radical (unpaired) electrons. The number of hydrogen-bond acceptors (Lipinski definition) is 4. The van der Waals surface area contributed by atoms with Crippen molar-refractivity contribution in [3.8, 4) is 5.75 Å². The average molecular weight is 329 g/mol. The van der Waals surface area contributed by atoms with Crippen LogP contribution in [0.25, 0.3) is 0 Å². The first-order valence-corrected chi connectivity index (χ1v) is 8.01. The van der Waals surface area contributed by atoms with Gasteiger partial charge in [0.05, 0.1) is 6.61 Å². The molecule has 1 fully saturated rings. The molecule has 1 aromatic carbocycles. The van der Waals surface area contributed by atoms with Gasteiger partial charge in [-0.1, -0.05) is 0 Å². The van der Waals surface area contributed by atoms with Crippen molar-refractivity contribution in [3.05, 3.63) is 54.0 Å². The van der Waals surface area contributed by atoms with Crippen LogP contribution < -0.4 is 15.4 Å². The van der Waals surface area contributed by atoms with Gasteiger partial charge >= 0.3 is 0 Å². The number of benzene rings is 1. The second-order valence-electron chi connectivity index (χ2n) is 5.99. The Morgan fingerprint density at radius 3 is 2.88 bits per heavy atom. The van der Waals surface area contributed by atoms with Gasteiger partial charge in [-0.3, -0.25) is 4.79 Å². The molecule has 1 aromatic heterocycles.